The van der Waals surface area contributed by atoms with Crippen LogP contribution in [0.25, 0.3) is 11.3 Å². The van der Waals surface area contributed by atoms with Gasteiger partial charge in [0.05, 0.1) is 30.3 Å². The van der Waals surface area contributed by atoms with Crippen molar-refractivity contribution < 1.29 is 9.59 Å². The number of imidazole rings is 1. The maximum absolute atomic E-state index is 12.7. The third-order valence-electron chi connectivity index (χ3n) is 6.55. The number of likely N-dealkylation sites (tertiary alicyclic amines) is 1. The number of carbonyl (C=O) groups is 2. The summed E-state index contributed by atoms with van der Waals surface area (Å²) < 4.78 is 0. The maximum atomic E-state index is 12.7. The lowest BCUT2D eigenvalue weighted by molar-refractivity contribution is -0.140. The van der Waals surface area contributed by atoms with E-state index < -0.39 is 0 Å². The van der Waals surface area contributed by atoms with Crippen LogP contribution in [0, 0.1) is 23.7 Å². The van der Waals surface area contributed by atoms with Crippen LogP contribution in [0.1, 0.15) is 12.2 Å². The fourth-order valence-corrected chi connectivity index (χ4v) is 5.08. The molecule has 1 aromatic heterocycles. The molecule has 2 bridgehead atoms. The molecule has 2 fully saturated rings. The van der Waals surface area contributed by atoms with Crippen molar-refractivity contribution in [1.29, 1.82) is 0 Å². The molecule has 1 saturated heterocycles. The molecule has 31 heavy (non-hydrogen) atoms. The molecule has 2 aromatic rings. The summed E-state index contributed by atoms with van der Waals surface area (Å²) in [5, 5.41) is 6.39. The van der Waals surface area contributed by atoms with Crippen molar-refractivity contribution in [1.82, 2.24) is 25.5 Å². The summed E-state index contributed by atoms with van der Waals surface area (Å²) in [6.45, 7) is 1.28. The van der Waals surface area contributed by atoms with Gasteiger partial charge in [0, 0.05) is 20.1 Å². The highest BCUT2D eigenvalue weighted by Gasteiger charge is 2.58. The largest absolute Gasteiger partial charge is 0.355 e. The number of fused-ring (bicyclic) bond motifs is 5. The molecule has 3 N–H and O–H groups in total. The number of H-pyrrole nitrogens is 1. The van der Waals surface area contributed by atoms with Crippen molar-refractivity contribution in [3.8, 4) is 11.3 Å². The second-order valence-electron chi connectivity index (χ2n) is 8.29. The number of aliphatic imine (C=N–C) groups is 1. The molecule has 1 aliphatic heterocycles. The Bertz CT molecular complexity index is 1010. The second-order valence-corrected chi connectivity index (χ2v) is 8.29. The molecule has 0 spiro atoms. The minimum atomic E-state index is -0.141. The van der Waals surface area contributed by atoms with Crippen LogP contribution in [0.5, 0.6) is 0 Å². The van der Waals surface area contributed by atoms with Gasteiger partial charge in [-0.05, 0) is 23.8 Å². The summed E-state index contributed by atoms with van der Waals surface area (Å²) in [7, 11) is 1.69. The number of rotatable bonds is 6. The maximum Gasteiger partial charge on any atom is 0.233 e. The Kier molecular flexibility index (Phi) is 5.05. The SMILES string of the molecule is CN=C(NCCN1C(=O)C2C3C=CC(C3)C2C1=O)NCc1ncc(-c2ccccc2)[nH]1. The van der Waals surface area contributed by atoms with E-state index in [1.54, 1.807) is 7.05 Å². The number of aromatic nitrogens is 2. The third kappa shape index (κ3) is 3.52. The molecule has 4 atom stereocenters. The van der Waals surface area contributed by atoms with Crippen LogP contribution in [0.4, 0.5) is 0 Å². The molecule has 2 amide bonds. The van der Waals surface area contributed by atoms with Gasteiger partial charge < -0.3 is 15.6 Å². The summed E-state index contributed by atoms with van der Waals surface area (Å²) in [5.41, 5.74) is 2.04. The lowest BCUT2D eigenvalue weighted by Crippen LogP contribution is -2.43. The Balaban J connectivity index is 1.11. The average molecular weight is 419 g/mol. The number of allylic oxidation sites excluding steroid dienone is 2. The van der Waals surface area contributed by atoms with Crippen LogP contribution in [0.15, 0.2) is 53.7 Å². The van der Waals surface area contributed by atoms with Gasteiger partial charge in [-0.3, -0.25) is 19.5 Å². The molecule has 8 nitrogen and oxygen atoms in total. The fraction of sp³-hybridized carbons (Fsp3) is 0.391. The number of hydrogen-bond donors (Lipinski definition) is 3. The van der Waals surface area contributed by atoms with Crippen molar-refractivity contribution in [3.05, 3.63) is 54.5 Å². The lowest BCUT2D eigenvalue weighted by Gasteiger charge is -2.18. The van der Waals surface area contributed by atoms with E-state index in [0.29, 0.717) is 25.6 Å². The van der Waals surface area contributed by atoms with Gasteiger partial charge >= 0.3 is 0 Å². The van der Waals surface area contributed by atoms with E-state index >= 15 is 0 Å². The zero-order valence-corrected chi connectivity index (χ0v) is 17.4. The van der Waals surface area contributed by atoms with Crippen molar-refractivity contribution >= 4 is 17.8 Å². The summed E-state index contributed by atoms with van der Waals surface area (Å²) in [6, 6.07) is 10.0. The number of guanidine groups is 1. The first-order valence-corrected chi connectivity index (χ1v) is 10.7. The molecule has 2 heterocycles. The van der Waals surface area contributed by atoms with E-state index in [2.05, 4.69) is 37.7 Å². The van der Waals surface area contributed by atoms with Crippen LogP contribution in [-0.2, 0) is 16.1 Å². The normalized spacial score (nSPS) is 26.6. The number of nitrogens with zero attached hydrogens (tertiary/aromatic N) is 3. The van der Waals surface area contributed by atoms with Crippen LogP contribution in [-0.4, -0.2) is 52.8 Å². The highest BCUT2D eigenvalue weighted by Crippen LogP contribution is 2.52. The Morgan fingerprint density at radius 3 is 2.52 bits per heavy atom. The van der Waals surface area contributed by atoms with E-state index in [-0.39, 0.29) is 35.5 Å². The monoisotopic (exact) mass is 418 g/mol. The van der Waals surface area contributed by atoms with Gasteiger partial charge in [-0.2, -0.15) is 0 Å². The highest BCUT2D eigenvalue weighted by molar-refractivity contribution is 6.06. The van der Waals surface area contributed by atoms with E-state index in [0.717, 1.165) is 23.5 Å². The number of carbonyl (C=O) groups excluding carboxylic acids is 2. The van der Waals surface area contributed by atoms with Gasteiger partial charge in [-0.15, -0.1) is 0 Å². The van der Waals surface area contributed by atoms with Crippen molar-refractivity contribution in [2.24, 2.45) is 28.7 Å². The van der Waals surface area contributed by atoms with Crippen LogP contribution >= 0.6 is 0 Å². The number of hydrogen-bond acceptors (Lipinski definition) is 4. The van der Waals surface area contributed by atoms with E-state index in [4.69, 9.17) is 0 Å². The van der Waals surface area contributed by atoms with Gasteiger partial charge in [-0.1, -0.05) is 42.5 Å². The minimum absolute atomic E-state index is 0.0133. The molecule has 1 saturated carbocycles. The summed E-state index contributed by atoms with van der Waals surface area (Å²) >= 11 is 0. The standard InChI is InChI=1S/C23H26N6O2/c1-24-23(27-13-18-26-12-17(28-18)14-5-3-2-4-6-14)25-9-10-29-21(30)19-15-7-8-16(11-15)20(19)22(29)31/h2-8,12,15-16,19-20H,9-11,13H2,1H3,(H,26,28)(H2,24,25,27). The number of benzene rings is 1. The lowest BCUT2D eigenvalue weighted by atomic mass is 9.85. The Labute approximate surface area is 180 Å². The Hall–Kier alpha value is -3.42. The summed E-state index contributed by atoms with van der Waals surface area (Å²) in [5.74, 6) is 1.57. The first-order chi connectivity index (χ1) is 15.2. The molecule has 3 aliphatic rings. The summed E-state index contributed by atoms with van der Waals surface area (Å²) in [4.78, 5) is 38.9. The van der Waals surface area contributed by atoms with E-state index in [1.807, 2.05) is 36.5 Å². The predicted octanol–water partition coefficient (Wildman–Crippen LogP) is 1.55. The predicted molar refractivity (Wildman–Crippen MR) is 117 cm³/mol. The van der Waals surface area contributed by atoms with E-state index in [1.165, 1.54) is 4.90 Å². The quantitative estimate of drug-likeness (QED) is 0.286. The molecule has 8 heteroatoms. The van der Waals surface area contributed by atoms with Gasteiger partial charge in [0.2, 0.25) is 11.8 Å². The molecule has 5 rings (SSSR count). The fourth-order valence-electron chi connectivity index (χ4n) is 5.08. The van der Waals surface area contributed by atoms with E-state index in [9.17, 15) is 9.59 Å². The smallest absolute Gasteiger partial charge is 0.233 e. The summed E-state index contributed by atoms with van der Waals surface area (Å²) in [6.07, 6.45) is 6.99. The zero-order chi connectivity index (χ0) is 21.4. The van der Waals surface area contributed by atoms with Gasteiger partial charge in [0.25, 0.3) is 0 Å². The Morgan fingerprint density at radius 2 is 1.84 bits per heavy atom. The highest BCUT2D eigenvalue weighted by atomic mass is 16.2. The molecular formula is C23H26N6O2. The molecule has 4 unspecified atom stereocenters. The molecule has 2 aliphatic carbocycles. The van der Waals surface area contributed by atoms with Gasteiger partial charge in [0.15, 0.2) is 5.96 Å². The number of nitrogens with one attached hydrogen (secondary N) is 3. The molecule has 160 valence electrons. The van der Waals surface area contributed by atoms with Crippen molar-refractivity contribution in [3.63, 3.8) is 0 Å². The second kappa shape index (κ2) is 8.02. The first-order valence-electron chi connectivity index (χ1n) is 10.7. The van der Waals surface area contributed by atoms with Crippen LogP contribution in [0.3, 0.4) is 0 Å². The topological polar surface area (TPSA) is 102 Å². The minimum Gasteiger partial charge on any atom is -0.355 e. The van der Waals surface area contributed by atoms with Crippen molar-refractivity contribution in [2.75, 3.05) is 20.1 Å². The van der Waals surface area contributed by atoms with Crippen molar-refractivity contribution in [2.45, 2.75) is 13.0 Å². The van der Waals surface area contributed by atoms with Crippen LogP contribution < -0.4 is 10.6 Å². The van der Waals surface area contributed by atoms with Gasteiger partial charge in [-0.25, -0.2) is 4.98 Å². The molecule has 0 radical (unpaired) electrons. The zero-order valence-electron chi connectivity index (χ0n) is 17.4. The third-order valence-corrected chi connectivity index (χ3v) is 6.55. The Morgan fingerprint density at radius 1 is 1.13 bits per heavy atom. The number of imide groups is 1. The number of amides is 2. The van der Waals surface area contributed by atoms with Crippen LogP contribution in [0.2, 0.25) is 0 Å². The molecular weight excluding hydrogens is 392 g/mol. The average Bonchev–Trinajstić information content (AvgIpc) is 3.57. The first kappa shape index (κ1) is 19.5. The van der Waals surface area contributed by atoms with Gasteiger partial charge in [0.1, 0.15) is 5.82 Å². The molecule has 1 aromatic carbocycles. The number of aromatic amines is 1.